The Morgan fingerprint density at radius 3 is 2.75 bits per heavy atom. The van der Waals surface area contributed by atoms with Crippen molar-refractivity contribution in [1.29, 1.82) is 0 Å². The SMILES string of the molecule is CNCCCN1CCc2cc(Nc3nccn4c(-c5ccc(OC)c(F)c5F)cnc34)ccc2C1=O. The van der Waals surface area contributed by atoms with Gasteiger partial charge >= 0.3 is 0 Å². The highest BCUT2D eigenvalue weighted by atomic mass is 19.2. The van der Waals surface area contributed by atoms with E-state index in [1.807, 2.05) is 30.1 Å². The third-order valence-corrected chi connectivity index (χ3v) is 6.36. The summed E-state index contributed by atoms with van der Waals surface area (Å²) < 4.78 is 35.5. The van der Waals surface area contributed by atoms with Crippen LogP contribution >= 0.6 is 0 Å². The van der Waals surface area contributed by atoms with Gasteiger partial charge in [-0.25, -0.2) is 14.4 Å². The molecule has 8 nitrogen and oxygen atoms in total. The second kappa shape index (κ2) is 9.90. The van der Waals surface area contributed by atoms with Crippen LogP contribution in [0.4, 0.5) is 20.3 Å². The Balaban J connectivity index is 1.41. The number of methoxy groups -OCH3 is 1. The van der Waals surface area contributed by atoms with Crippen molar-refractivity contribution in [3.05, 3.63) is 71.7 Å². The van der Waals surface area contributed by atoms with Gasteiger partial charge in [0.1, 0.15) is 0 Å². The van der Waals surface area contributed by atoms with E-state index >= 15 is 0 Å². The maximum Gasteiger partial charge on any atom is 0.254 e. The van der Waals surface area contributed by atoms with Crippen LogP contribution in [-0.4, -0.2) is 59.0 Å². The molecule has 5 rings (SSSR count). The smallest absolute Gasteiger partial charge is 0.254 e. The van der Waals surface area contributed by atoms with Crippen molar-refractivity contribution in [3.63, 3.8) is 0 Å². The molecule has 0 saturated carbocycles. The minimum Gasteiger partial charge on any atom is -0.494 e. The molecule has 2 aromatic carbocycles. The topological polar surface area (TPSA) is 83.8 Å². The van der Waals surface area contributed by atoms with Gasteiger partial charge in [-0.1, -0.05) is 0 Å². The predicted octanol–water partition coefficient (Wildman–Crippen LogP) is 4.03. The summed E-state index contributed by atoms with van der Waals surface area (Å²) in [4.78, 5) is 23.6. The summed E-state index contributed by atoms with van der Waals surface area (Å²) >= 11 is 0. The minimum atomic E-state index is -1.05. The lowest BCUT2D eigenvalue weighted by atomic mass is 9.98. The molecule has 1 aliphatic rings. The molecular weight excluding hydrogens is 466 g/mol. The van der Waals surface area contributed by atoms with Crippen LogP contribution in [0.3, 0.4) is 0 Å². The Bertz CT molecular complexity index is 1440. The highest BCUT2D eigenvalue weighted by molar-refractivity contribution is 5.97. The molecule has 186 valence electrons. The molecule has 0 unspecified atom stereocenters. The van der Waals surface area contributed by atoms with Gasteiger partial charge in [-0.15, -0.1) is 0 Å². The molecule has 0 bridgehead atoms. The van der Waals surface area contributed by atoms with Gasteiger partial charge in [0.2, 0.25) is 5.82 Å². The maximum absolute atomic E-state index is 14.7. The second-order valence-corrected chi connectivity index (χ2v) is 8.55. The number of rotatable bonds is 8. The molecule has 3 heterocycles. The van der Waals surface area contributed by atoms with Gasteiger partial charge in [-0.3, -0.25) is 9.20 Å². The highest BCUT2D eigenvalue weighted by Gasteiger charge is 2.24. The van der Waals surface area contributed by atoms with Crippen molar-refractivity contribution < 1.29 is 18.3 Å². The van der Waals surface area contributed by atoms with Gasteiger partial charge in [-0.2, -0.15) is 4.39 Å². The largest absolute Gasteiger partial charge is 0.494 e. The van der Waals surface area contributed by atoms with Crippen LogP contribution in [0, 0.1) is 11.6 Å². The number of carbonyl (C=O) groups excluding carboxylic acids is 1. The summed E-state index contributed by atoms with van der Waals surface area (Å²) in [6.07, 6.45) is 6.35. The molecule has 0 radical (unpaired) electrons. The first-order chi connectivity index (χ1) is 17.5. The summed E-state index contributed by atoms with van der Waals surface area (Å²) in [5, 5.41) is 6.36. The van der Waals surface area contributed by atoms with Gasteiger partial charge in [0.05, 0.1) is 19.0 Å². The third kappa shape index (κ3) is 4.24. The van der Waals surface area contributed by atoms with Crippen molar-refractivity contribution in [2.45, 2.75) is 12.8 Å². The zero-order chi connectivity index (χ0) is 25.2. The van der Waals surface area contributed by atoms with Crippen LogP contribution in [0.1, 0.15) is 22.3 Å². The average Bonchev–Trinajstić information content (AvgIpc) is 3.32. The maximum atomic E-state index is 14.7. The van der Waals surface area contributed by atoms with E-state index in [1.54, 1.807) is 16.8 Å². The number of halogens is 2. The van der Waals surface area contributed by atoms with E-state index in [0.29, 0.717) is 29.3 Å². The summed E-state index contributed by atoms with van der Waals surface area (Å²) in [5.74, 6) is -1.73. The number of nitrogens with one attached hydrogen (secondary N) is 2. The molecule has 2 aromatic heterocycles. The number of fused-ring (bicyclic) bond motifs is 2. The lowest BCUT2D eigenvalue weighted by molar-refractivity contribution is 0.0738. The molecule has 4 aromatic rings. The summed E-state index contributed by atoms with van der Waals surface area (Å²) in [6, 6.07) is 8.45. The van der Waals surface area contributed by atoms with Crippen molar-refractivity contribution in [2.24, 2.45) is 0 Å². The molecule has 0 saturated heterocycles. The molecular formula is C26H26F2N6O2. The molecule has 1 amide bonds. The molecule has 1 aliphatic heterocycles. The van der Waals surface area contributed by atoms with Gasteiger partial charge in [-0.05, 0) is 62.3 Å². The number of aromatic nitrogens is 3. The first kappa shape index (κ1) is 23.7. The van der Waals surface area contributed by atoms with Crippen molar-refractivity contribution in [3.8, 4) is 17.0 Å². The van der Waals surface area contributed by atoms with Crippen molar-refractivity contribution in [1.82, 2.24) is 24.6 Å². The normalized spacial score (nSPS) is 13.2. The summed E-state index contributed by atoms with van der Waals surface area (Å²) in [5.41, 5.74) is 3.34. The Morgan fingerprint density at radius 2 is 1.94 bits per heavy atom. The molecule has 36 heavy (non-hydrogen) atoms. The van der Waals surface area contributed by atoms with E-state index in [2.05, 4.69) is 20.6 Å². The van der Waals surface area contributed by atoms with Gasteiger partial charge in [0.15, 0.2) is 23.0 Å². The van der Waals surface area contributed by atoms with Gasteiger partial charge < -0.3 is 20.3 Å². The molecule has 0 fully saturated rings. The fraction of sp³-hybridized carbons (Fsp3) is 0.269. The molecule has 0 spiro atoms. The van der Waals surface area contributed by atoms with Crippen LogP contribution in [0.15, 0.2) is 48.9 Å². The number of anilines is 2. The van der Waals surface area contributed by atoms with Gasteiger partial charge in [0, 0.05) is 42.3 Å². The molecule has 0 aliphatic carbocycles. The summed E-state index contributed by atoms with van der Waals surface area (Å²) in [7, 11) is 3.19. The Hall–Kier alpha value is -4.05. The Kier molecular flexibility index (Phi) is 6.51. The van der Waals surface area contributed by atoms with E-state index in [9.17, 15) is 13.6 Å². The monoisotopic (exact) mass is 492 g/mol. The van der Waals surface area contributed by atoms with E-state index in [1.165, 1.54) is 25.4 Å². The fourth-order valence-electron chi connectivity index (χ4n) is 4.50. The minimum absolute atomic E-state index is 0.0470. The van der Waals surface area contributed by atoms with Crippen LogP contribution in [-0.2, 0) is 6.42 Å². The van der Waals surface area contributed by atoms with Crippen LogP contribution in [0.2, 0.25) is 0 Å². The molecule has 2 N–H and O–H groups in total. The number of hydrogen-bond acceptors (Lipinski definition) is 6. The fourth-order valence-corrected chi connectivity index (χ4v) is 4.50. The second-order valence-electron chi connectivity index (χ2n) is 8.55. The number of ether oxygens (including phenoxy) is 1. The van der Waals surface area contributed by atoms with Crippen LogP contribution in [0.25, 0.3) is 16.9 Å². The molecule has 0 atom stereocenters. The van der Waals surface area contributed by atoms with Crippen LogP contribution < -0.4 is 15.4 Å². The van der Waals surface area contributed by atoms with Crippen molar-refractivity contribution >= 4 is 23.1 Å². The highest BCUT2D eigenvalue weighted by Crippen LogP contribution is 2.32. The Morgan fingerprint density at radius 1 is 1.11 bits per heavy atom. The lowest BCUT2D eigenvalue weighted by Gasteiger charge is -2.29. The zero-order valence-corrected chi connectivity index (χ0v) is 20.0. The van der Waals surface area contributed by atoms with E-state index in [-0.39, 0.29) is 17.2 Å². The third-order valence-electron chi connectivity index (χ3n) is 6.36. The van der Waals surface area contributed by atoms with Crippen LogP contribution in [0.5, 0.6) is 5.75 Å². The summed E-state index contributed by atoms with van der Waals surface area (Å²) in [6.45, 7) is 2.28. The van der Waals surface area contributed by atoms with Gasteiger partial charge in [0.25, 0.3) is 5.91 Å². The van der Waals surface area contributed by atoms with E-state index in [4.69, 9.17) is 4.74 Å². The van der Waals surface area contributed by atoms with Crippen molar-refractivity contribution in [2.75, 3.05) is 39.1 Å². The number of amides is 1. The standard InChI is InChI=1S/C26H26F2N6O2/c1-29-9-3-11-33-12-8-16-14-17(4-5-18(16)26(33)35)32-24-25-31-15-20(34(25)13-10-30-24)19-6-7-21(36-2)23(28)22(19)27/h4-7,10,13-15,29H,3,8-9,11-12H2,1-2H3,(H,30,32). The first-order valence-electron chi connectivity index (χ1n) is 11.7. The average molecular weight is 493 g/mol. The number of hydrogen-bond donors (Lipinski definition) is 2. The number of carbonyl (C=O) groups is 1. The quantitative estimate of drug-likeness (QED) is 0.362. The Labute approximate surface area is 206 Å². The predicted molar refractivity (Wildman–Crippen MR) is 133 cm³/mol. The number of benzene rings is 2. The lowest BCUT2D eigenvalue weighted by Crippen LogP contribution is -2.38. The zero-order valence-electron chi connectivity index (χ0n) is 20.0. The van der Waals surface area contributed by atoms with E-state index < -0.39 is 11.6 Å². The molecule has 10 heteroatoms. The number of nitrogens with zero attached hydrogens (tertiary/aromatic N) is 4. The first-order valence-corrected chi connectivity index (χ1v) is 11.7. The number of imidazole rings is 1. The van der Waals surface area contributed by atoms with E-state index in [0.717, 1.165) is 37.2 Å².